The minimum atomic E-state index is 0. The average Bonchev–Trinajstić information content (AvgIpc) is 3.09. The van der Waals surface area contributed by atoms with E-state index >= 15 is 0 Å². The monoisotopic (exact) mass is 789 g/mol. The van der Waals surface area contributed by atoms with Crippen molar-refractivity contribution >= 4 is 10.8 Å². The molecule has 0 N–H and O–H groups in total. The summed E-state index contributed by atoms with van der Waals surface area (Å²) < 4.78 is 0. The van der Waals surface area contributed by atoms with Crippen LogP contribution in [-0.4, -0.2) is 19.9 Å². The van der Waals surface area contributed by atoms with Crippen LogP contribution in [0.2, 0.25) is 0 Å². The number of hydrogen-bond donors (Lipinski definition) is 0. The van der Waals surface area contributed by atoms with Crippen LogP contribution in [0.25, 0.3) is 55.5 Å². The molecule has 0 spiro atoms. The molecule has 0 atom stereocenters. The first-order valence-electron chi connectivity index (χ1n) is 15.4. The molecule has 3 aromatic carbocycles. The third-order valence-corrected chi connectivity index (χ3v) is 7.96. The minimum Gasteiger partial charge on any atom is -0.305 e. The van der Waals surface area contributed by atoms with E-state index in [9.17, 15) is 0 Å². The molecule has 5 heteroatoms. The Balaban J connectivity index is 0.000000260. The predicted octanol–water partition coefficient (Wildman–Crippen LogP) is 10.3. The fourth-order valence-corrected chi connectivity index (χ4v) is 5.38. The molecular formula is C42H36IrN4-2. The van der Waals surface area contributed by atoms with Crippen LogP contribution in [0.5, 0.6) is 0 Å². The van der Waals surface area contributed by atoms with Gasteiger partial charge in [0.25, 0.3) is 0 Å². The molecule has 4 aromatic heterocycles. The molecule has 1 radical (unpaired) electrons. The quantitative estimate of drug-likeness (QED) is 0.167. The van der Waals surface area contributed by atoms with E-state index in [4.69, 9.17) is 0 Å². The van der Waals surface area contributed by atoms with Gasteiger partial charge in [-0.3, -0.25) is 9.97 Å². The van der Waals surface area contributed by atoms with Gasteiger partial charge in [0.1, 0.15) is 0 Å². The molecule has 4 nitrogen and oxygen atoms in total. The second kappa shape index (κ2) is 14.7. The van der Waals surface area contributed by atoms with Gasteiger partial charge in [-0.25, -0.2) is 0 Å². The summed E-state index contributed by atoms with van der Waals surface area (Å²) in [5.74, 6) is 0. The Hall–Kier alpha value is -4.83. The van der Waals surface area contributed by atoms with Crippen LogP contribution < -0.4 is 0 Å². The van der Waals surface area contributed by atoms with Crippen LogP contribution >= 0.6 is 0 Å². The van der Waals surface area contributed by atoms with Crippen molar-refractivity contribution in [3.05, 3.63) is 157 Å². The molecule has 235 valence electrons. The fourth-order valence-electron chi connectivity index (χ4n) is 5.38. The second-order valence-corrected chi connectivity index (χ2v) is 12.4. The van der Waals surface area contributed by atoms with Crippen molar-refractivity contribution in [1.82, 2.24) is 19.9 Å². The first-order valence-corrected chi connectivity index (χ1v) is 15.4. The normalized spacial score (nSPS) is 10.9. The van der Waals surface area contributed by atoms with Crippen molar-refractivity contribution < 1.29 is 20.1 Å². The largest absolute Gasteiger partial charge is 0.305 e. The summed E-state index contributed by atoms with van der Waals surface area (Å²) >= 11 is 0. The molecule has 0 saturated heterocycles. The smallest absolute Gasteiger partial charge is 0.0373 e. The summed E-state index contributed by atoms with van der Waals surface area (Å²) in [7, 11) is 0. The van der Waals surface area contributed by atoms with Gasteiger partial charge >= 0.3 is 0 Å². The number of benzene rings is 3. The number of aryl methyl sites for hydroxylation is 2. The number of pyridine rings is 4. The van der Waals surface area contributed by atoms with Gasteiger partial charge in [0.15, 0.2) is 0 Å². The predicted molar refractivity (Wildman–Crippen MR) is 189 cm³/mol. The Kier molecular flexibility index (Phi) is 10.5. The van der Waals surface area contributed by atoms with Crippen LogP contribution in [0.15, 0.2) is 128 Å². The van der Waals surface area contributed by atoms with Gasteiger partial charge in [-0.1, -0.05) is 56.7 Å². The second-order valence-electron chi connectivity index (χ2n) is 12.4. The van der Waals surface area contributed by atoms with Crippen molar-refractivity contribution in [2.45, 2.75) is 40.0 Å². The van der Waals surface area contributed by atoms with Gasteiger partial charge in [-0.05, 0) is 77.0 Å². The number of hydrogen-bond acceptors (Lipinski definition) is 4. The Bertz CT molecular complexity index is 2100. The van der Waals surface area contributed by atoms with Gasteiger partial charge < -0.3 is 9.97 Å². The van der Waals surface area contributed by atoms with Crippen molar-refractivity contribution in [1.29, 1.82) is 0 Å². The molecule has 0 bridgehead atoms. The standard InChI is InChI=1S/C30H26N3.C12H10N.Ir/c1-20-8-9-23(18-33-20)26-11-10-25(27-13-14-31-19-28(26)27)21-6-5-7-22(16-21)29-17-24(12-15-32-29)30(2,3)4;1-10-7-8-13-12(9-10)11-5-3-2-4-6-11;/h5-6,8-19H,1-4H3;2-5,7-9H,1H3;/q2*-1;. The molecule has 7 aromatic rings. The van der Waals surface area contributed by atoms with Crippen LogP contribution in [0.3, 0.4) is 0 Å². The number of nitrogens with zero attached hydrogens (tertiary/aromatic N) is 4. The summed E-state index contributed by atoms with van der Waals surface area (Å²) in [6, 6.07) is 39.6. The Morgan fingerprint density at radius 2 is 1.32 bits per heavy atom. The molecule has 0 fully saturated rings. The maximum Gasteiger partial charge on any atom is 0.0373 e. The van der Waals surface area contributed by atoms with E-state index in [2.05, 4.69) is 114 Å². The molecule has 0 saturated carbocycles. The van der Waals surface area contributed by atoms with Crippen molar-refractivity contribution in [2.75, 3.05) is 0 Å². The molecule has 0 aliphatic carbocycles. The minimum absolute atomic E-state index is 0. The van der Waals surface area contributed by atoms with E-state index in [-0.39, 0.29) is 25.5 Å². The summed E-state index contributed by atoms with van der Waals surface area (Å²) in [4.78, 5) is 17.8. The van der Waals surface area contributed by atoms with Gasteiger partial charge in [0, 0.05) is 67.7 Å². The van der Waals surface area contributed by atoms with E-state index in [1.54, 1.807) is 0 Å². The van der Waals surface area contributed by atoms with Crippen LogP contribution in [-0.2, 0) is 25.5 Å². The maximum absolute atomic E-state index is 4.63. The fraction of sp³-hybridized carbons (Fsp3) is 0.143. The van der Waals surface area contributed by atoms with Crippen molar-refractivity contribution in [2.24, 2.45) is 0 Å². The average molecular weight is 789 g/mol. The number of fused-ring (bicyclic) bond motifs is 1. The zero-order chi connectivity index (χ0) is 32.1. The SMILES string of the molecule is Cc1ccc(-c2ccc(-c3cc[c-]c(-c4cc(C(C)(C)C)ccn4)c3)c3ccncc23)cn1.Cc1ccnc(-c2[c-]cccc2)c1.[Ir]. The molecule has 0 aliphatic rings. The molecule has 7 rings (SSSR count). The zero-order valence-electron chi connectivity index (χ0n) is 27.2. The van der Waals surface area contributed by atoms with Crippen LogP contribution in [0, 0.1) is 26.0 Å². The molecule has 0 unspecified atom stereocenters. The molecule has 0 aliphatic heterocycles. The molecular weight excluding hydrogens is 753 g/mol. The van der Waals surface area contributed by atoms with Gasteiger partial charge in [-0.15, -0.1) is 71.3 Å². The molecule has 0 amide bonds. The molecule has 47 heavy (non-hydrogen) atoms. The Morgan fingerprint density at radius 1 is 0.574 bits per heavy atom. The zero-order valence-corrected chi connectivity index (χ0v) is 29.6. The van der Waals surface area contributed by atoms with Crippen molar-refractivity contribution in [3.8, 4) is 44.8 Å². The Morgan fingerprint density at radius 3 is 2.02 bits per heavy atom. The van der Waals surface area contributed by atoms with Gasteiger partial charge in [-0.2, -0.15) is 0 Å². The van der Waals surface area contributed by atoms with Crippen LogP contribution in [0.4, 0.5) is 0 Å². The van der Waals surface area contributed by atoms with E-state index in [0.717, 1.165) is 55.7 Å². The number of aromatic nitrogens is 4. The first-order chi connectivity index (χ1) is 22.3. The summed E-state index contributed by atoms with van der Waals surface area (Å²) in [6.07, 6.45) is 9.44. The maximum atomic E-state index is 4.63. The van der Waals surface area contributed by atoms with Gasteiger partial charge in [0.2, 0.25) is 0 Å². The van der Waals surface area contributed by atoms with Crippen molar-refractivity contribution in [3.63, 3.8) is 0 Å². The van der Waals surface area contributed by atoms with E-state index in [0.29, 0.717) is 0 Å². The summed E-state index contributed by atoms with van der Waals surface area (Å²) in [5, 5.41) is 2.28. The summed E-state index contributed by atoms with van der Waals surface area (Å²) in [6.45, 7) is 10.7. The van der Waals surface area contributed by atoms with Crippen LogP contribution in [0.1, 0.15) is 37.6 Å². The first kappa shape index (κ1) is 33.5. The topological polar surface area (TPSA) is 51.6 Å². The third-order valence-electron chi connectivity index (χ3n) is 7.96. The van der Waals surface area contributed by atoms with E-state index in [1.807, 2.05) is 80.4 Å². The number of rotatable bonds is 4. The van der Waals surface area contributed by atoms with E-state index in [1.165, 1.54) is 16.7 Å². The Labute approximate surface area is 291 Å². The third kappa shape index (κ3) is 7.94. The summed E-state index contributed by atoms with van der Waals surface area (Å²) in [5.41, 5.74) is 12.1. The molecule has 4 heterocycles. The van der Waals surface area contributed by atoms with Gasteiger partial charge in [0.05, 0.1) is 0 Å². The van der Waals surface area contributed by atoms with E-state index < -0.39 is 0 Å².